The van der Waals surface area contributed by atoms with Gasteiger partial charge >= 0.3 is 0 Å². The molecule has 1 atom stereocenters. The smallest absolute Gasteiger partial charge is 0.0924 e. The monoisotopic (exact) mass is 235 g/mol. The molecule has 17 heavy (non-hydrogen) atoms. The Bertz CT molecular complexity index is 340. The Labute approximate surface area is 103 Å². The van der Waals surface area contributed by atoms with Gasteiger partial charge in [-0.25, -0.2) is 0 Å². The fourth-order valence-electron chi connectivity index (χ4n) is 1.89. The van der Waals surface area contributed by atoms with Crippen molar-refractivity contribution < 1.29 is 5.11 Å². The second kappa shape index (κ2) is 7.04. The van der Waals surface area contributed by atoms with Crippen LogP contribution in [0.2, 0.25) is 0 Å². The average Bonchev–Trinajstić information content (AvgIpc) is 2.34. The van der Waals surface area contributed by atoms with Crippen molar-refractivity contribution in [3.8, 4) is 0 Å². The molecular weight excluding hydrogens is 214 g/mol. The van der Waals surface area contributed by atoms with Gasteiger partial charge in [-0.05, 0) is 19.0 Å². The molecule has 0 saturated heterocycles. The number of nitrogens with two attached hydrogens (primary N) is 1. The van der Waals surface area contributed by atoms with Gasteiger partial charge in [0, 0.05) is 25.6 Å². The van der Waals surface area contributed by atoms with Gasteiger partial charge < -0.3 is 10.8 Å². The van der Waals surface area contributed by atoms with Gasteiger partial charge in [0.05, 0.1) is 5.84 Å². The number of hydrogen-bond donors (Lipinski definition) is 3. The summed E-state index contributed by atoms with van der Waals surface area (Å²) in [6, 6.07) is 10.2. The molecule has 0 radical (unpaired) electrons. The first-order chi connectivity index (χ1) is 8.15. The summed E-state index contributed by atoms with van der Waals surface area (Å²) < 4.78 is 0. The zero-order valence-electron chi connectivity index (χ0n) is 10.3. The third-order valence-corrected chi connectivity index (χ3v) is 2.80. The first-order valence-corrected chi connectivity index (χ1v) is 5.84. The Balaban J connectivity index is 2.76. The molecule has 0 amide bonds. The van der Waals surface area contributed by atoms with Crippen LogP contribution in [0.4, 0.5) is 0 Å². The fraction of sp³-hybridized carbons (Fsp3) is 0.462. The first-order valence-electron chi connectivity index (χ1n) is 5.84. The van der Waals surface area contributed by atoms with E-state index in [1.54, 1.807) is 0 Å². The van der Waals surface area contributed by atoms with Crippen molar-refractivity contribution in [2.75, 3.05) is 20.2 Å². The van der Waals surface area contributed by atoms with E-state index in [0.29, 0.717) is 6.42 Å². The molecule has 1 rings (SSSR count). The Morgan fingerprint density at radius 1 is 1.41 bits per heavy atom. The number of rotatable bonds is 7. The SMILES string of the molecule is CN(CCCO)C(CC(=N)N)c1ccccc1. The number of aliphatic hydroxyl groups is 1. The number of amidine groups is 1. The average molecular weight is 235 g/mol. The largest absolute Gasteiger partial charge is 0.396 e. The van der Waals surface area contributed by atoms with Crippen molar-refractivity contribution in [3.05, 3.63) is 35.9 Å². The first kappa shape index (κ1) is 13.7. The summed E-state index contributed by atoms with van der Waals surface area (Å²) in [5, 5.41) is 16.3. The molecule has 0 saturated carbocycles. The lowest BCUT2D eigenvalue weighted by Crippen LogP contribution is -2.29. The molecule has 0 fully saturated rings. The molecule has 1 unspecified atom stereocenters. The van der Waals surface area contributed by atoms with Crippen molar-refractivity contribution in [2.45, 2.75) is 18.9 Å². The lowest BCUT2D eigenvalue weighted by molar-refractivity contribution is 0.210. The summed E-state index contributed by atoms with van der Waals surface area (Å²) in [4.78, 5) is 2.13. The van der Waals surface area contributed by atoms with E-state index >= 15 is 0 Å². The summed E-state index contributed by atoms with van der Waals surface area (Å²) in [6.45, 7) is 0.981. The molecule has 1 aromatic carbocycles. The van der Waals surface area contributed by atoms with E-state index in [1.807, 2.05) is 37.4 Å². The van der Waals surface area contributed by atoms with Crippen molar-refractivity contribution in [3.63, 3.8) is 0 Å². The highest BCUT2D eigenvalue weighted by Crippen LogP contribution is 2.22. The van der Waals surface area contributed by atoms with Crippen LogP contribution < -0.4 is 5.73 Å². The number of nitrogens with zero attached hydrogens (tertiary/aromatic N) is 1. The van der Waals surface area contributed by atoms with E-state index in [2.05, 4.69) is 4.90 Å². The Kier molecular flexibility index (Phi) is 5.66. The predicted molar refractivity (Wildman–Crippen MR) is 70.0 cm³/mol. The van der Waals surface area contributed by atoms with E-state index in [9.17, 15) is 0 Å². The lowest BCUT2D eigenvalue weighted by Gasteiger charge is -2.28. The van der Waals surface area contributed by atoms with Crippen LogP contribution in [0.25, 0.3) is 0 Å². The van der Waals surface area contributed by atoms with Crippen LogP contribution in [-0.2, 0) is 0 Å². The van der Waals surface area contributed by atoms with Gasteiger partial charge in [-0.3, -0.25) is 10.3 Å². The van der Waals surface area contributed by atoms with Crippen molar-refractivity contribution in [1.82, 2.24) is 4.90 Å². The molecule has 4 nitrogen and oxygen atoms in total. The minimum Gasteiger partial charge on any atom is -0.396 e. The molecule has 0 heterocycles. The topological polar surface area (TPSA) is 73.3 Å². The van der Waals surface area contributed by atoms with Crippen LogP contribution in [0.5, 0.6) is 0 Å². The van der Waals surface area contributed by atoms with Gasteiger partial charge in [0.15, 0.2) is 0 Å². The fourth-order valence-corrected chi connectivity index (χ4v) is 1.89. The quantitative estimate of drug-likeness (QED) is 0.493. The molecule has 1 aromatic rings. The van der Waals surface area contributed by atoms with Crippen molar-refractivity contribution >= 4 is 5.84 Å². The molecule has 0 aromatic heterocycles. The van der Waals surface area contributed by atoms with Crippen LogP contribution in [0, 0.1) is 5.41 Å². The summed E-state index contributed by atoms with van der Waals surface area (Å²) >= 11 is 0. The van der Waals surface area contributed by atoms with Crippen LogP contribution in [0.15, 0.2) is 30.3 Å². The summed E-state index contributed by atoms with van der Waals surface area (Å²) in [5.41, 5.74) is 6.66. The number of nitrogens with one attached hydrogen (secondary N) is 1. The second-order valence-corrected chi connectivity index (χ2v) is 4.21. The number of benzene rings is 1. The highest BCUT2D eigenvalue weighted by molar-refractivity contribution is 5.77. The molecule has 4 heteroatoms. The molecule has 0 aliphatic carbocycles. The van der Waals surface area contributed by atoms with Crippen LogP contribution in [0.3, 0.4) is 0 Å². The Morgan fingerprint density at radius 2 is 2.06 bits per heavy atom. The number of aliphatic hydroxyl groups excluding tert-OH is 1. The van der Waals surface area contributed by atoms with Gasteiger partial charge in [-0.1, -0.05) is 30.3 Å². The van der Waals surface area contributed by atoms with E-state index < -0.39 is 0 Å². The standard InChI is InChI=1S/C13H21N3O/c1-16(8-5-9-17)12(10-13(14)15)11-6-3-2-4-7-11/h2-4,6-7,12,17H,5,8-10H2,1H3,(H3,14,15). The maximum atomic E-state index is 8.86. The zero-order chi connectivity index (χ0) is 12.7. The highest BCUT2D eigenvalue weighted by Gasteiger charge is 2.17. The van der Waals surface area contributed by atoms with Crippen LogP contribution in [-0.4, -0.2) is 36.0 Å². The molecular formula is C13H21N3O. The van der Waals surface area contributed by atoms with Gasteiger partial charge in [-0.2, -0.15) is 0 Å². The summed E-state index contributed by atoms with van der Waals surface area (Å²) in [7, 11) is 2.00. The predicted octanol–water partition coefficient (Wildman–Crippen LogP) is 1.37. The van der Waals surface area contributed by atoms with Crippen molar-refractivity contribution in [2.24, 2.45) is 5.73 Å². The maximum absolute atomic E-state index is 8.86. The Morgan fingerprint density at radius 3 is 2.59 bits per heavy atom. The van der Waals surface area contributed by atoms with E-state index in [-0.39, 0.29) is 18.5 Å². The lowest BCUT2D eigenvalue weighted by atomic mass is 10.0. The van der Waals surface area contributed by atoms with Crippen LogP contribution >= 0.6 is 0 Å². The molecule has 0 bridgehead atoms. The van der Waals surface area contributed by atoms with Gasteiger partial charge in [0.25, 0.3) is 0 Å². The molecule has 0 spiro atoms. The van der Waals surface area contributed by atoms with Gasteiger partial charge in [-0.15, -0.1) is 0 Å². The summed E-state index contributed by atoms with van der Waals surface area (Å²) in [5.74, 6) is 0.190. The van der Waals surface area contributed by atoms with E-state index in [0.717, 1.165) is 18.5 Å². The second-order valence-electron chi connectivity index (χ2n) is 4.21. The maximum Gasteiger partial charge on any atom is 0.0924 e. The molecule has 0 aliphatic rings. The Hall–Kier alpha value is -1.39. The molecule has 0 aliphatic heterocycles. The molecule has 94 valence electrons. The summed E-state index contributed by atoms with van der Waals surface area (Å²) in [6.07, 6.45) is 1.25. The third-order valence-electron chi connectivity index (χ3n) is 2.80. The normalized spacial score (nSPS) is 12.6. The van der Waals surface area contributed by atoms with E-state index in [4.69, 9.17) is 16.2 Å². The minimum absolute atomic E-state index is 0.111. The zero-order valence-corrected chi connectivity index (χ0v) is 10.3. The van der Waals surface area contributed by atoms with Crippen molar-refractivity contribution in [1.29, 1.82) is 5.41 Å². The number of hydrogen-bond acceptors (Lipinski definition) is 3. The highest BCUT2D eigenvalue weighted by atomic mass is 16.3. The van der Waals surface area contributed by atoms with Gasteiger partial charge in [0.1, 0.15) is 0 Å². The molecule has 4 N–H and O–H groups in total. The van der Waals surface area contributed by atoms with Crippen LogP contribution in [0.1, 0.15) is 24.4 Å². The third kappa shape index (κ3) is 4.54. The van der Waals surface area contributed by atoms with Gasteiger partial charge in [0.2, 0.25) is 0 Å². The van der Waals surface area contributed by atoms with E-state index in [1.165, 1.54) is 0 Å². The minimum atomic E-state index is 0.111.